The molecular formula is C21H23F3N2O4S. The molecule has 2 aromatic rings. The van der Waals surface area contributed by atoms with Crippen LogP contribution in [0.15, 0.2) is 47.6 Å². The lowest BCUT2D eigenvalue weighted by Crippen LogP contribution is -2.41. The lowest BCUT2D eigenvalue weighted by atomic mass is 9.90. The van der Waals surface area contributed by atoms with E-state index < -0.39 is 33.9 Å². The van der Waals surface area contributed by atoms with Gasteiger partial charge in [-0.3, -0.25) is 4.79 Å². The summed E-state index contributed by atoms with van der Waals surface area (Å²) in [7, 11) is -3.43. The summed E-state index contributed by atoms with van der Waals surface area (Å²) in [5.74, 6) is -0.157. The number of nitrogens with zero attached hydrogens (tertiary/aromatic N) is 1. The number of hydrogen-bond acceptors (Lipinski definition) is 5. The van der Waals surface area contributed by atoms with Gasteiger partial charge in [0, 0.05) is 11.9 Å². The maximum Gasteiger partial charge on any atom is 0.421 e. The Morgan fingerprint density at radius 2 is 1.81 bits per heavy atom. The zero-order valence-corrected chi connectivity index (χ0v) is 17.6. The van der Waals surface area contributed by atoms with Crippen LogP contribution in [0.4, 0.5) is 18.9 Å². The molecule has 1 unspecified atom stereocenters. The number of pyridine rings is 1. The maximum absolute atomic E-state index is 13.1. The van der Waals surface area contributed by atoms with Gasteiger partial charge in [0.1, 0.15) is 0 Å². The second kappa shape index (κ2) is 8.58. The van der Waals surface area contributed by atoms with Crippen LogP contribution in [0, 0.1) is 5.92 Å². The van der Waals surface area contributed by atoms with Gasteiger partial charge >= 0.3 is 6.18 Å². The largest absolute Gasteiger partial charge is 0.421 e. The van der Waals surface area contributed by atoms with Gasteiger partial charge in [-0.2, -0.15) is 13.2 Å². The number of aromatic nitrogens is 1. The first-order chi connectivity index (χ1) is 14.4. The lowest BCUT2D eigenvalue weighted by molar-refractivity contribution is -0.267. The second-order valence-electron chi connectivity index (χ2n) is 7.74. The van der Waals surface area contributed by atoms with Crippen molar-refractivity contribution in [1.82, 2.24) is 4.98 Å². The van der Waals surface area contributed by atoms with Crippen molar-refractivity contribution in [1.29, 1.82) is 0 Å². The van der Waals surface area contributed by atoms with Gasteiger partial charge in [0.15, 0.2) is 20.5 Å². The fourth-order valence-corrected chi connectivity index (χ4v) is 4.78. The summed E-state index contributed by atoms with van der Waals surface area (Å²) in [6, 6.07) is 7.69. The Labute approximate surface area is 178 Å². The quantitative estimate of drug-likeness (QED) is 0.633. The summed E-state index contributed by atoms with van der Waals surface area (Å²) < 4.78 is 63.9. The van der Waals surface area contributed by atoms with Gasteiger partial charge in [0.05, 0.1) is 12.2 Å². The predicted molar refractivity (Wildman–Crippen MR) is 108 cm³/mol. The van der Waals surface area contributed by atoms with Crippen LogP contribution in [0.2, 0.25) is 0 Å². The summed E-state index contributed by atoms with van der Waals surface area (Å²) in [5, 5.41) is 12.5. The van der Waals surface area contributed by atoms with Crippen LogP contribution in [0.5, 0.6) is 0 Å². The number of benzene rings is 1. The van der Waals surface area contributed by atoms with Crippen molar-refractivity contribution >= 4 is 21.4 Å². The van der Waals surface area contributed by atoms with E-state index in [2.05, 4.69) is 10.3 Å². The number of carbonyl (C=O) groups excluding carboxylic acids is 1. The molecule has 1 aliphatic rings. The van der Waals surface area contributed by atoms with Crippen LogP contribution in [0.25, 0.3) is 0 Å². The maximum atomic E-state index is 13.1. The number of alkyl halides is 3. The fourth-order valence-electron chi connectivity index (χ4n) is 3.17. The van der Waals surface area contributed by atoms with E-state index in [1.54, 1.807) is 0 Å². The van der Waals surface area contributed by atoms with Gasteiger partial charge in [0.25, 0.3) is 0 Å². The highest BCUT2D eigenvalue weighted by atomic mass is 32.2. The fraction of sp³-hybridized carbons (Fsp3) is 0.429. The Morgan fingerprint density at radius 3 is 2.29 bits per heavy atom. The summed E-state index contributed by atoms with van der Waals surface area (Å²) in [6.07, 6.45) is -2.30. The van der Waals surface area contributed by atoms with Crippen molar-refractivity contribution < 1.29 is 31.5 Å². The Morgan fingerprint density at radius 1 is 1.16 bits per heavy atom. The molecule has 6 nitrogen and oxygen atoms in total. The molecule has 0 aliphatic heterocycles. The number of rotatable bonds is 8. The number of carbonyl (C=O) groups is 1. The molecule has 1 saturated carbocycles. The van der Waals surface area contributed by atoms with Gasteiger partial charge < -0.3 is 10.4 Å². The first-order valence-corrected chi connectivity index (χ1v) is 11.5. The minimum atomic E-state index is -4.82. The Kier molecular flexibility index (Phi) is 6.43. The molecule has 1 aromatic carbocycles. The molecule has 168 valence electrons. The average molecular weight is 456 g/mol. The van der Waals surface area contributed by atoms with E-state index in [4.69, 9.17) is 0 Å². The van der Waals surface area contributed by atoms with E-state index in [-0.39, 0.29) is 34.4 Å². The van der Waals surface area contributed by atoms with Gasteiger partial charge in [-0.25, -0.2) is 13.4 Å². The third-order valence-corrected chi connectivity index (χ3v) is 7.05. The van der Waals surface area contributed by atoms with E-state index in [0.29, 0.717) is 5.56 Å². The van der Waals surface area contributed by atoms with Crippen LogP contribution in [0.1, 0.15) is 37.3 Å². The SMILES string of the molecule is CCC(O)(c1ccc(NC(=O)Cc2ccc(S(=O)(=O)CC3CC3)nc2)cc1)C(F)(F)F. The Balaban J connectivity index is 1.62. The standard InChI is InChI=1S/C21H23F3N2O4S/c1-2-20(28,21(22,23)24)16-6-8-17(9-7-16)26-18(27)11-15-5-10-19(25-12-15)31(29,30)13-14-3-4-14/h5-10,12,14,28H,2-4,11,13H2,1H3,(H,26,27). The summed E-state index contributed by atoms with van der Waals surface area (Å²) in [6.45, 7) is 1.24. The van der Waals surface area contributed by atoms with Gasteiger partial charge in [0.2, 0.25) is 5.91 Å². The number of aliphatic hydroxyl groups is 1. The molecule has 0 radical (unpaired) electrons. The second-order valence-corrected chi connectivity index (χ2v) is 9.72. The van der Waals surface area contributed by atoms with Crippen LogP contribution in [0.3, 0.4) is 0 Å². The van der Waals surface area contributed by atoms with E-state index >= 15 is 0 Å². The van der Waals surface area contributed by atoms with Crippen molar-refractivity contribution in [2.75, 3.05) is 11.1 Å². The molecule has 10 heteroatoms. The Hall–Kier alpha value is -2.46. The molecule has 31 heavy (non-hydrogen) atoms. The number of sulfone groups is 1. The van der Waals surface area contributed by atoms with Crippen molar-refractivity contribution in [2.45, 2.75) is 49.4 Å². The molecule has 1 amide bonds. The molecule has 1 aromatic heterocycles. The van der Waals surface area contributed by atoms with Gasteiger partial charge in [-0.1, -0.05) is 25.1 Å². The highest BCUT2D eigenvalue weighted by Gasteiger charge is 2.53. The zero-order valence-electron chi connectivity index (χ0n) is 16.8. The summed E-state index contributed by atoms with van der Waals surface area (Å²) in [5.41, 5.74) is -2.50. The highest BCUT2D eigenvalue weighted by molar-refractivity contribution is 7.91. The number of halogens is 3. The number of nitrogens with one attached hydrogen (secondary N) is 1. The molecule has 1 heterocycles. The molecule has 2 N–H and O–H groups in total. The number of hydrogen-bond donors (Lipinski definition) is 2. The minimum absolute atomic E-state index is 0.0211. The Bertz CT molecular complexity index is 1030. The van der Waals surface area contributed by atoms with E-state index in [1.807, 2.05) is 0 Å². The highest BCUT2D eigenvalue weighted by Crippen LogP contribution is 2.41. The summed E-state index contributed by atoms with van der Waals surface area (Å²) >= 11 is 0. The van der Waals surface area contributed by atoms with Crippen LogP contribution >= 0.6 is 0 Å². The van der Waals surface area contributed by atoms with E-state index in [9.17, 15) is 31.5 Å². The van der Waals surface area contributed by atoms with Crippen LogP contribution in [-0.2, 0) is 26.7 Å². The summed E-state index contributed by atoms with van der Waals surface area (Å²) in [4.78, 5) is 16.2. The monoisotopic (exact) mass is 456 g/mol. The van der Waals surface area contributed by atoms with Crippen molar-refractivity contribution in [3.8, 4) is 0 Å². The normalized spacial score (nSPS) is 16.5. The predicted octanol–water partition coefficient (Wildman–Crippen LogP) is 3.61. The third-order valence-electron chi connectivity index (χ3n) is 5.26. The molecule has 0 saturated heterocycles. The van der Waals surface area contributed by atoms with Gasteiger partial charge in [-0.15, -0.1) is 0 Å². The first-order valence-electron chi connectivity index (χ1n) is 9.82. The van der Waals surface area contributed by atoms with Gasteiger partial charge in [-0.05, 0) is 54.5 Å². The van der Waals surface area contributed by atoms with Crippen molar-refractivity contribution in [3.63, 3.8) is 0 Å². The molecule has 0 bridgehead atoms. The molecular weight excluding hydrogens is 433 g/mol. The van der Waals surface area contributed by atoms with E-state index in [1.165, 1.54) is 37.4 Å². The molecule has 1 fully saturated rings. The molecule has 1 aliphatic carbocycles. The smallest absolute Gasteiger partial charge is 0.376 e. The van der Waals surface area contributed by atoms with Crippen molar-refractivity contribution in [2.24, 2.45) is 5.92 Å². The number of anilines is 1. The first kappa shape index (κ1) is 23.2. The zero-order chi connectivity index (χ0) is 22.9. The average Bonchev–Trinajstić information content (AvgIpc) is 3.50. The molecule has 0 spiro atoms. The van der Waals surface area contributed by atoms with Crippen LogP contribution in [-0.4, -0.2) is 36.3 Å². The van der Waals surface area contributed by atoms with Crippen molar-refractivity contribution in [3.05, 3.63) is 53.7 Å². The topological polar surface area (TPSA) is 96.4 Å². The lowest BCUT2D eigenvalue weighted by Gasteiger charge is -2.29. The van der Waals surface area contributed by atoms with E-state index in [0.717, 1.165) is 25.0 Å². The third kappa shape index (κ3) is 5.43. The van der Waals surface area contributed by atoms with Crippen LogP contribution < -0.4 is 5.32 Å². The minimum Gasteiger partial charge on any atom is -0.376 e. The number of amides is 1. The molecule has 3 rings (SSSR count). The molecule has 1 atom stereocenters.